The van der Waals surface area contributed by atoms with E-state index in [1.54, 1.807) is 9.36 Å². The number of likely N-dealkylation sites (tertiary alicyclic amines) is 2. The van der Waals surface area contributed by atoms with Gasteiger partial charge in [0.1, 0.15) is 0 Å². The largest absolute Gasteiger partial charge is 0.342 e. The van der Waals surface area contributed by atoms with Gasteiger partial charge in [-0.15, -0.1) is 0 Å². The van der Waals surface area contributed by atoms with Crippen LogP contribution in [0.15, 0.2) is 18.2 Å². The second-order valence-electron chi connectivity index (χ2n) is 8.74. The average Bonchev–Trinajstić information content (AvgIpc) is 2.95. The van der Waals surface area contributed by atoms with Gasteiger partial charge < -0.3 is 4.90 Å². The van der Waals surface area contributed by atoms with Gasteiger partial charge in [-0.05, 0) is 79.4 Å². The van der Waals surface area contributed by atoms with Gasteiger partial charge >= 0.3 is 0 Å². The van der Waals surface area contributed by atoms with Crippen molar-refractivity contribution in [1.82, 2.24) is 29.6 Å². The number of tetrazole rings is 1. The predicted molar refractivity (Wildman–Crippen MR) is 119 cm³/mol. The van der Waals surface area contributed by atoms with Crippen molar-refractivity contribution in [1.29, 1.82) is 0 Å². The van der Waals surface area contributed by atoms with Crippen LogP contribution in [0.2, 0.25) is 0 Å². The lowest BCUT2D eigenvalue weighted by atomic mass is 9.95. The maximum absolute atomic E-state index is 12.9. The van der Waals surface area contributed by atoms with Crippen LogP contribution in [0.4, 0.5) is 0 Å². The lowest BCUT2D eigenvalue weighted by Crippen LogP contribution is -2.43. The van der Waals surface area contributed by atoms with Gasteiger partial charge in [0.2, 0.25) is 10.7 Å². The number of carbonyl (C=O) groups is 1. The Morgan fingerprint density at radius 1 is 1.03 bits per heavy atom. The number of aromatic nitrogens is 4. The second-order valence-corrected chi connectivity index (χ2v) is 9.10. The van der Waals surface area contributed by atoms with Crippen molar-refractivity contribution in [2.75, 3.05) is 26.2 Å². The lowest BCUT2D eigenvalue weighted by molar-refractivity contribution is -0.137. The van der Waals surface area contributed by atoms with E-state index in [-0.39, 0.29) is 5.92 Å². The van der Waals surface area contributed by atoms with Crippen LogP contribution in [0.3, 0.4) is 0 Å². The van der Waals surface area contributed by atoms with Crippen LogP contribution in [0, 0.1) is 24.5 Å². The molecule has 0 bridgehead atoms. The lowest BCUT2D eigenvalue weighted by Gasteiger charge is -2.33. The van der Waals surface area contributed by atoms with Crippen LogP contribution >= 0.6 is 12.2 Å². The molecule has 0 radical (unpaired) electrons. The molecule has 2 aromatic rings. The molecule has 0 saturated carbocycles. The molecule has 7 nitrogen and oxygen atoms in total. The van der Waals surface area contributed by atoms with E-state index in [0.29, 0.717) is 17.3 Å². The summed E-state index contributed by atoms with van der Waals surface area (Å²) in [6.45, 7) is 8.40. The van der Waals surface area contributed by atoms with Gasteiger partial charge in [0.05, 0.1) is 12.4 Å². The number of rotatable bonds is 4. The van der Waals surface area contributed by atoms with Gasteiger partial charge in [-0.3, -0.25) is 9.69 Å². The molecule has 2 aliphatic heterocycles. The first-order chi connectivity index (χ1) is 14.5. The third-order valence-corrected chi connectivity index (χ3v) is 6.80. The van der Waals surface area contributed by atoms with Crippen molar-refractivity contribution in [2.24, 2.45) is 5.92 Å². The van der Waals surface area contributed by atoms with E-state index < -0.39 is 0 Å². The molecule has 2 fully saturated rings. The zero-order valence-electron chi connectivity index (χ0n) is 18.1. The number of benzene rings is 1. The van der Waals surface area contributed by atoms with Crippen LogP contribution < -0.4 is 0 Å². The molecule has 2 saturated heterocycles. The first kappa shape index (κ1) is 21.2. The van der Waals surface area contributed by atoms with E-state index in [9.17, 15) is 4.79 Å². The molecular weight excluding hydrogens is 396 g/mol. The standard InChI is InChI=1S/C22H32N6OS/c1-17-7-8-18(2)20(15-17)28-22(30)27(23-24-28)16-25-13-9-19(10-14-25)21(29)26-11-5-3-4-6-12-26/h7-8,15,19H,3-6,9-14,16H2,1-2H3. The van der Waals surface area contributed by atoms with Gasteiger partial charge in [0, 0.05) is 32.1 Å². The number of aryl methyl sites for hydroxylation is 2. The third kappa shape index (κ3) is 4.64. The Bertz CT molecular complexity index is 935. The Labute approximate surface area is 183 Å². The van der Waals surface area contributed by atoms with Gasteiger partial charge in [-0.2, -0.15) is 4.68 Å². The van der Waals surface area contributed by atoms with Gasteiger partial charge in [-0.1, -0.05) is 25.0 Å². The number of carbonyl (C=O) groups excluding carboxylic acids is 1. The first-order valence-corrected chi connectivity index (χ1v) is 11.6. The molecule has 0 spiro atoms. The Kier molecular flexibility index (Phi) is 6.63. The molecule has 0 unspecified atom stereocenters. The maximum Gasteiger partial charge on any atom is 0.225 e. The van der Waals surface area contributed by atoms with Crippen molar-refractivity contribution in [3.8, 4) is 5.69 Å². The number of hydrogen-bond acceptors (Lipinski definition) is 5. The zero-order chi connectivity index (χ0) is 21.1. The summed E-state index contributed by atoms with van der Waals surface area (Å²) in [5, 5.41) is 8.61. The summed E-state index contributed by atoms with van der Waals surface area (Å²) in [4.78, 5) is 17.3. The highest BCUT2D eigenvalue weighted by molar-refractivity contribution is 7.71. The van der Waals surface area contributed by atoms with E-state index in [4.69, 9.17) is 12.2 Å². The molecule has 1 aromatic carbocycles. The monoisotopic (exact) mass is 428 g/mol. The van der Waals surface area contributed by atoms with Crippen molar-refractivity contribution >= 4 is 18.1 Å². The van der Waals surface area contributed by atoms with Crippen LogP contribution in [0.1, 0.15) is 49.7 Å². The van der Waals surface area contributed by atoms with Gasteiger partial charge in [0.15, 0.2) is 0 Å². The summed E-state index contributed by atoms with van der Waals surface area (Å²) < 4.78 is 4.13. The van der Waals surface area contributed by atoms with E-state index in [1.807, 2.05) is 0 Å². The molecule has 8 heteroatoms. The summed E-state index contributed by atoms with van der Waals surface area (Å²) >= 11 is 5.66. The Morgan fingerprint density at radius 2 is 1.73 bits per heavy atom. The summed E-state index contributed by atoms with van der Waals surface area (Å²) in [7, 11) is 0. The molecule has 0 N–H and O–H groups in total. The normalized spacial score (nSPS) is 19.1. The predicted octanol–water partition coefficient (Wildman–Crippen LogP) is 3.49. The molecule has 2 aliphatic rings. The van der Waals surface area contributed by atoms with Crippen molar-refractivity contribution in [3.05, 3.63) is 34.1 Å². The smallest absolute Gasteiger partial charge is 0.225 e. The van der Waals surface area contributed by atoms with Gasteiger partial charge in [-0.25, -0.2) is 4.68 Å². The summed E-state index contributed by atoms with van der Waals surface area (Å²) in [6, 6.07) is 6.26. The van der Waals surface area contributed by atoms with E-state index in [2.05, 4.69) is 52.3 Å². The second kappa shape index (κ2) is 9.39. The minimum absolute atomic E-state index is 0.165. The molecule has 30 heavy (non-hydrogen) atoms. The molecule has 0 aliphatic carbocycles. The average molecular weight is 429 g/mol. The maximum atomic E-state index is 12.9. The highest BCUT2D eigenvalue weighted by Crippen LogP contribution is 2.22. The topological polar surface area (TPSA) is 59.2 Å². The number of piperidine rings is 1. The van der Waals surface area contributed by atoms with E-state index in [0.717, 1.165) is 63.1 Å². The van der Waals surface area contributed by atoms with Gasteiger partial charge in [0.25, 0.3) is 0 Å². The fourth-order valence-corrected chi connectivity index (χ4v) is 4.75. The molecular formula is C22H32N6OS. The molecule has 1 amide bonds. The first-order valence-electron chi connectivity index (χ1n) is 11.1. The van der Waals surface area contributed by atoms with Crippen LogP contribution in [-0.2, 0) is 11.5 Å². The minimum atomic E-state index is 0.165. The summed E-state index contributed by atoms with van der Waals surface area (Å²) in [6.07, 6.45) is 6.64. The summed E-state index contributed by atoms with van der Waals surface area (Å²) in [5.41, 5.74) is 3.27. The Hall–Kier alpha value is -2.06. The highest BCUT2D eigenvalue weighted by atomic mass is 32.1. The van der Waals surface area contributed by atoms with Crippen LogP contribution in [0.25, 0.3) is 5.69 Å². The Balaban J connectivity index is 1.36. The van der Waals surface area contributed by atoms with Crippen molar-refractivity contribution in [2.45, 2.75) is 59.0 Å². The fourth-order valence-electron chi connectivity index (χ4n) is 4.52. The highest BCUT2D eigenvalue weighted by Gasteiger charge is 2.29. The number of hydrogen-bond donors (Lipinski definition) is 0. The van der Waals surface area contributed by atoms with Crippen LogP contribution in [-0.4, -0.2) is 61.7 Å². The van der Waals surface area contributed by atoms with E-state index >= 15 is 0 Å². The number of amides is 1. The summed E-state index contributed by atoms with van der Waals surface area (Å²) in [5.74, 6) is 0.534. The molecule has 3 heterocycles. The zero-order valence-corrected chi connectivity index (χ0v) is 18.9. The SMILES string of the molecule is Cc1ccc(C)c(-n2nnn(CN3CCC(C(=O)N4CCCCCC4)CC3)c2=S)c1. The van der Waals surface area contributed by atoms with E-state index in [1.165, 1.54) is 18.4 Å². The minimum Gasteiger partial charge on any atom is -0.342 e. The molecule has 1 aromatic heterocycles. The Morgan fingerprint density at radius 3 is 2.43 bits per heavy atom. The van der Waals surface area contributed by atoms with Crippen molar-refractivity contribution in [3.63, 3.8) is 0 Å². The fraction of sp³-hybridized carbons (Fsp3) is 0.636. The molecule has 162 valence electrons. The molecule has 4 rings (SSSR count). The quantitative estimate of drug-likeness (QED) is 0.698. The van der Waals surface area contributed by atoms with Crippen molar-refractivity contribution < 1.29 is 4.79 Å². The van der Waals surface area contributed by atoms with Crippen LogP contribution in [0.5, 0.6) is 0 Å². The molecule has 0 atom stereocenters. The third-order valence-electron chi connectivity index (χ3n) is 6.42. The number of nitrogens with zero attached hydrogens (tertiary/aromatic N) is 6.